The molecule has 1 aromatic rings. The quantitative estimate of drug-likeness (QED) is 0.921. The molecule has 3 heterocycles. The third kappa shape index (κ3) is 2.75. The van der Waals surface area contributed by atoms with Crippen LogP contribution in [0.2, 0.25) is 0 Å². The number of halogens is 1. The zero-order chi connectivity index (χ0) is 11.8. The first kappa shape index (κ1) is 12.2. The van der Waals surface area contributed by atoms with E-state index in [2.05, 4.69) is 44.6 Å². The van der Waals surface area contributed by atoms with Crippen molar-refractivity contribution in [3.8, 4) is 0 Å². The van der Waals surface area contributed by atoms with E-state index in [0.29, 0.717) is 0 Å². The lowest BCUT2D eigenvalue weighted by atomic mass is 9.98. The molecule has 0 amide bonds. The van der Waals surface area contributed by atoms with Gasteiger partial charge in [-0.2, -0.15) is 0 Å². The lowest BCUT2D eigenvalue weighted by Gasteiger charge is -2.35. The van der Waals surface area contributed by atoms with Gasteiger partial charge in [0.25, 0.3) is 0 Å². The first-order valence-corrected chi connectivity index (χ1v) is 8.07. The molecule has 3 rings (SSSR count). The lowest BCUT2D eigenvalue weighted by molar-refractivity contribution is 0.167. The van der Waals surface area contributed by atoms with E-state index in [1.54, 1.807) is 0 Å². The van der Waals surface area contributed by atoms with Gasteiger partial charge in [0.1, 0.15) is 0 Å². The van der Waals surface area contributed by atoms with E-state index < -0.39 is 0 Å². The fourth-order valence-corrected chi connectivity index (χ4v) is 4.71. The molecule has 2 nitrogen and oxygen atoms in total. The van der Waals surface area contributed by atoms with Gasteiger partial charge in [0, 0.05) is 39.4 Å². The van der Waals surface area contributed by atoms with Crippen molar-refractivity contribution in [2.75, 3.05) is 7.05 Å². The second-order valence-electron chi connectivity index (χ2n) is 5.41. The van der Waals surface area contributed by atoms with Crippen LogP contribution < -0.4 is 5.32 Å². The summed E-state index contributed by atoms with van der Waals surface area (Å²) in [5.41, 5.74) is 0. The van der Waals surface area contributed by atoms with Crippen LogP contribution in [-0.2, 0) is 6.54 Å². The Morgan fingerprint density at radius 3 is 2.71 bits per heavy atom. The number of hydrogen-bond donors (Lipinski definition) is 1. The first-order valence-electron chi connectivity index (χ1n) is 6.40. The van der Waals surface area contributed by atoms with Gasteiger partial charge in [0.15, 0.2) is 0 Å². The monoisotopic (exact) mass is 314 g/mol. The molecular weight excluding hydrogens is 296 g/mol. The minimum Gasteiger partial charge on any atom is -0.311 e. The summed E-state index contributed by atoms with van der Waals surface area (Å²) in [6.07, 6.45) is 5.44. The molecule has 0 saturated carbocycles. The highest BCUT2D eigenvalue weighted by Crippen LogP contribution is 2.30. The van der Waals surface area contributed by atoms with E-state index in [4.69, 9.17) is 0 Å². The molecule has 0 aromatic carbocycles. The topological polar surface area (TPSA) is 15.3 Å². The van der Waals surface area contributed by atoms with Gasteiger partial charge in [-0.05, 0) is 54.7 Å². The Balaban J connectivity index is 1.60. The Morgan fingerprint density at radius 1 is 1.41 bits per heavy atom. The molecule has 2 unspecified atom stereocenters. The molecule has 2 saturated heterocycles. The van der Waals surface area contributed by atoms with Crippen molar-refractivity contribution in [1.29, 1.82) is 0 Å². The van der Waals surface area contributed by atoms with Crippen LogP contribution in [0.25, 0.3) is 0 Å². The van der Waals surface area contributed by atoms with Crippen LogP contribution in [0.4, 0.5) is 0 Å². The molecule has 1 aromatic heterocycles. The summed E-state index contributed by atoms with van der Waals surface area (Å²) in [4.78, 5) is 4.01. The van der Waals surface area contributed by atoms with E-state index in [0.717, 1.165) is 24.7 Å². The molecule has 2 fully saturated rings. The Labute approximate surface area is 116 Å². The van der Waals surface area contributed by atoms with Crippen molar-refractivity contribution in [3.63, 3.8) is 0 Å². The average molecular weight is 315 g/mol. The van der Waals surface area contributed by atoms with Gasteiger partial charge in [0.05, 0.1) is 0 Å². The molecule has 0 spiro atoms. The summed E-state index contributed by atoms with van der Waals surface area (Å²) < 4.78 is 1.22. The number of rotatable bonds is 3. The Kier molecular flexibility index (Phi) is 3.57. The molecule has 2 bridgehead atoms. The fourth-order valence-electron chi connectivity index (χ4n) is 3.20. The van der Waals surface area contributed by atoms with Crippen molar-refractivity contribution < 1.29 is 0 Å². The summed E-state index contributed by atoms with van der Waals surface area (Å²) >= 11 is 5.38. The van der Waals surface area contributed by atoms with Crippen molar-refractivity contribution in [3.05, 3.63) is 20.8 Å². The first-order chi connectivity index (χ1) is 8.20. The number of fused-ring (bicyclic) bond motifs is 2. The summed E-state index contributed by atoms with van der Waals surface area (Å²) in [5.74, 6) is 0. The second-order valence-corrected chi connectivity index (χ2v) is 7.32. The second kappa shape index (κ2) is 5.00. The Hall–Kier alpha value is 0.1000. The van der Waals surface area contributed by atoms with E-state index in [9.17, 15) is 0 Å². The highest BCUT2D eigenvalue weighted by Gasteiger charge is 2.34. The van der Waals surface area contributed by atoms with Gasteiger partial charge in [-0.1, -0.05) is 0 Å². The molecule has 4 heteroatoms. The van der Waals surface area contributed by atoms with Gasteiger partial charge < -0.3 is 5.32 Å². The molecule has 0 aliphatic carbocycles. The molecule has 2 aliphatic rings. The van der Waals surface area contributed by atoms with Gasteiger partial charge in [-0.25, -0.2) is 0 Å². The summed E-state index contributed by atoms with van der Waals surface area (Å²) in [6, 6.07) is 4.60. The van der Waals surface area contributed by atoms with Crippen LogP contribution in [0.5, 0.6) is 0 Å². The van der Waals surface area contributed by atoms with Gasteiger partial charge >= 0.3 is 0 Å². The van der Waals surface area contributed by atoms with Crippen molar-refractivity contribution in [2.24, 2.45) is 0 Å². The minimum absolute atomic E-state index is 0.773. The van der Waals surface area contributed by atoms with Crippen molar-refractivity contribution in [2.45, 2.75) is 50.4 Å². The lowest BCUT2D eigenvalue weighted by Crippen LogP contribution is -2.46. The van der Waals surface area contributed by atoms with Crippen LogP contribution in [0.15, 0.2) is 15.9 Å². The number of nitrogens with one attached hydrogen (secondary N) is 1. The molecule has 2 aliphatic heterocycles. The van der Waals surface area contributed by atoms with E-state index in [-0.39, 0.29) is 0 Å². The molecule has 17 heavy (non-hydrogen) atoms. The molecule has 94 valence electrons. The zero-order valence-electron chi connectivity index (χ0n) is 10.2. The Morgan fingerprint density at radius 2 is 2.12 bits per heavy atom. The van der Waals surface area contributed by atoms with Gasteiger partial charge in [-0.3, -0.25) is 4.90 Å². The Bertz CT molecular complexity index is 381. The SMILES string of the molecule is CN(Cc1cc(Br)cs1)C1CC2CCC(C1)N2. The third-order valence-electron chi connectivity index (χ3n) is 4.10. The zero-order valence-corrected chi connectivity index (χ0v) is 12.6. The number of piperidine rings is 1. The predicted octanol–water partition coefficient (Wildman–Crippen LogP) is 3.23. The molecular formula is C13H19BrN2S. The third-order valence-corrected chi connectivity index (χ3v) is 5.78. The summed E-state index contributed by atoms with van der Waals surface area (Å²) in [7, 11) is 2.28. The smallest absolute Gasteiger partial charge is 0.0328 e. The molecule has 2 atom stereocenters. The minimum atomic E-state index is 0.773. The fraction of sp³-hybridized carbons (Fsp3) is 0.692. The van der Waals surface area contributed by atoms with Crippen LogP contribution in [0.1, 0.15) is 30.6 Å². The number of nitrogens with zero attached hydrogens (tertiary/aromatic N) is 1. The summed E-state index contributed by atoms with van der Waals surface area (Å²) in [5, 5.41) is 5.89. The molecule has 0 radical (unpaired) electrons. The van der Waals surface area contributed by atoms with E-state index >= 15 is 0 Å². The maximum Gasteiger partial charge on any atom is 0.0328 e. The van der Waals surface area contributed by atoms with Gasteiger partial charge in [0.2, 0.25) is 0 Å². The number of hydrogen-bond acceptors (Lipinski definition) is 3. The van der Waals surface area contributed by atoms with Crippen molar-refractivity contribution in [1.82, 2.24) is 10.2 Å². The maximum atomic E-state index is 3.71. The number of thiophene rings is 1. The van der Waals surface area contributed by atoms with Crippen LogP contribution in [0.3, 0.4) is 0 Å². The van der Waals surface area contributed by atoms with Crippen LogP contribution in [0, 0.1) is 0 Å². The van der Waals surface area contributed by atoms with E-state index in [1.165, 1.54) is 35.0 Å². The standard InChI is InChI=1S/C13H19BrN2S/c1-16(7-13-4-9(14)8-17-13)12-5-10-2-3-11(6-12)15-10/h4,8,10-12,15H,2-3,5-7H2,1H3. The van der Waals surface area contributed by atoms with Crippen molar-refractivity contribution >= 4 is 27.3 Å². The summed E-state index contributed by atoms with van der Waals surface area (Å²) in [6.45, 7) is 1.10. The predicted molar refractivity (Wildman–Crippen MR) is 76.5 cm³/mol. The highest BCUT2D eigenvalue weighted by molar-refractivity contribution is 9.10. The van der Waals surface area contributed by atoms with Gasteiger partial charge in [-0.15, -0.1) is 11.3 Å². The largest absolute Gasteiger partial charge is 0.311 e. The average Bonchev–Trinajstić information content (AvgIpc) is 2.85. The molecule has 1 N–H and O–H groups in total. The van der Waals surface area contributed by atoms with E-state index in [1.807, 2.05) is 11.3 Å². The highest BCUT2D eigenvalue weighted by atomic mass is 79.9. The van der Waals surface area contributed by atoms with Crippen LogP contribution >= 0.6 is 27.3 Å². The maximum absolute atomic E-state index is 3.71. The normalized spacial score (nSPS) is 32.3. The van der Waals surface area contributed by atoms with Crippen LogP contribution in [-0.4, -0.2) is 30.1 Å².